The van der Waals surface area contributed by atoms with Crippen molar-refractivity contribution in [2.24, 2.45) is 0 Å². The Hall–Kier alpha value is -1.91. The average Bonchev–Trinajstić information content (AvgIpc) is 2.45. The Bertz CT molecular complexity index is 420. The summed E-state index contributed by atoms with van der Waals surface area (Å²) >= 11 is 0. The Kier molecular flexibility index (Phi) is 7.32. The minimum absolute atomic E-state index is 0.0153. The number of hydrogen-bond donors (Lipinski definition) is 1. The van der Waals surface area contributed by atoms with Gasteiger partial charge in [0.05, 0.1) is 12.2 Å². The minimum atomic E-state index is -0.0153. The van der Waals surface area contributed by atoms with Gasteiger partial charge in [0.25, 0.3) is 0 Å². The van der Waals surface area contributed by atoms with Crippen LogP contribution in [0.15, 0.2) is 24.4 Å². The molecule has 0 unspecified atom stereocenters. The molecule has 1 aromatic heterocycles. The molecule has 5 nitrogen and oxygen atoms in total. The van der Waals surface area contributed by atoms with Gasteiger partial charge >= 0.3 is 0 Å². The number of amides is 2. The summed E-state index contributed by atoms with van der Waals surface area (Å²) in [5.41, 5.74) is 0.847. The van der Waals surface area contributed by atoms with Gasteiger partial charge in [-0.3, -0.25) is 14.6 Å². The molecule has 0 aliphatic carbocycles. The van der Waals surface area contributed by atoms with Crippen molar-refractivity contribution in [1.82, 2.24) is 15.2 Å². The predicted molar refractivity (Wildman–Crippen MR) is 77.9 cm³/mol. The third-order valence-corrected chi connectivity index (χ3v) is 2.99. The van der Waals surface area contributed by atoms with Crippen LogP contribution in [0.4, 0.5) is 0 Å². The molecule has 0 saturated heterocycles. The second kappa shape index (κ2) is 9.07. The molecule has 0 aromatic carbocycles. The van der Waals surface area contributed by atoms with E-state index in [-0.39, 0.29) is 11.8 Å². The molecule has 2 amide bonds. The zero-order valence-electron chi connectivity index (χ0n) is 12.3. The second-order valence-electron chi connectivity index (χ2n) is 4.72. The van der Waals surface area contributed by atoms with Crippen molar-refractivity contribution in [3.8, 4) is 0 Å². The smallest absolute Gasteiger partial charge is 0.220 e. The van der Waals surface area contributed by atoms with Crippen LogP contribution in [-0.4, -0.2) is 34.8 Å². The van der Waals surface area contributed by atoms with Crippen LogP contribution in [0.3, 0.4) is 0 Å². The van der Waals surface area contributed by atoms with Crippen LogP contribution in [-0.2, 0) is 16.1 Å². The second-order valence-corrected chi connectivity index (χ2v) is 4.72. The lowest BCUT2D eigenvalue weighted by atomic mass is 10.2. The summed E-state index contributed by atoms with van der Waals surface area (Å²) in [6.45, 7) is 5.04. The Balaban J connectivity index is 2.37. The average molecular weight is 277 g/mol. The highest BCUT2D eigenvalue weighted by Crippen LogP contribution is 2.01. The van der Waals surface area contributed by atoms with E-state index in [1.54, 1.807) is 11.1 Å². The fourth-order valence-electron chi connectivity index (χ4n) is 1.79. The zero-order chi connectivity index (χ0) is 14.8. The maximum atomic E-state index is 11.6. The lowest BCUT2D eigenvalue weighted by Crippen LogP contribution is -2.37. The highest BCUT2D eigenvalue weighted by Gasteiger charge is 2.10. The van der Waals surface area contributed by atoms with Crippen LogP contribution < -0.4 is 5.32 Å². The molecule has 0 aliphatic rings. The van der Waals surface area contributed by atoms with Crippen LogP contribution >= 0.6 is 0 Å². The van der Waals surface area contributed by atoms with Crippen molar-refractivity contribution in [2.45, 2.75) is 39.7 Å². The largest absolute Gasteiger partial charge is 0.354 e. The Morgan fingerprint density at radius 2 is 2.15 bits per heavy atom. The topological polar surface area (TPSA) is 62.3 Å². The van der Waals surface area contributed by atoms with Gasteiger partial charge < -0.3 is 10.2 Å². The molecule has 0 saturated carbocycles. The van der Waals surface area contributed by atoms with Gasteiger partial charge in [0.1, 0.15) is 0 Å². The fourth-order valence-corrected chi connectivity index (χ4v) is 1.79. The van der Waals surface area contributed by atoms with Crippen LogP contribution in [0.25, 0.3) is 0 Å². The Labute approximate surface area is 120 Å². The normalized spacial score (nSPS) is 10.1. The summed E-state index contributed by atoms with van der Waals surface area (Å²) in [6.07, 6.45) is 4.17. The molecule has 0 bridgehead atoms. The summed E-state index contributed by atoms with van der Waals surface area (Å²) in [6, 6.07) is 5.62. The molecule has 1 rings (SSSR count). The molecule has 0 spiro atoms. The van der Waals surface area contributed by atoms with Crippen molar-refractivity contribution in [1.29, 1.82) is 0 Å². The standard InChI is InChI=1S/C15H23N3O2/c1-3-4-8-15(20)17-10-11-18(13(2)19)12-14-7-5-6-9-16-14/h5-7,9H,3-4,8,10-12H2,1-2H3,(H,17,20). The highest BCUT2D eigenvalue weighted by molar-refractivity contribution is 5.76. The molecule has 0 atom stereocenters. The molecule has 110 valence electrons. The summed E-state index contributed by atoms with van der Waals surface area (Å²) < 4.78 is 0. The first-order valence-electron chi connectivity index (χ1n) is 7.05. The van der Waals surface area contributed by atoms with Gasteiger partial charge in [-0.15, -0.1) is 0 Å². The van der Waals surface area contributed by atoms with Crippen LogP contribution in [0.2, 0.25) is 0 Å². The molecule has 0 aliphatic heterocycles. The molecule has 1 N–H and O–H groups in total. The number of nitrogens with one attached hydrogen (secondary N) is 1. The van der Waals surface area contributed by atoms with E-state index in [1.807, 2.05) is 18.2 Å². The van der Waals surface area contributed by atoms with Crippen molar-refractivity contribution < 1.29 is 9.59 Å². The van der Waals surface area contributed by atoms with E-state index in [0.717, 1.165) is 18.5 Å². The number of nitrogens with zero attached hydrogens (tertiary/aromatic N) is 2. The zero-order valence-corrected chi connectivity index (χ0v) is 12.3. The van der Waals surface area contributed by atoms with Gasteiger partial charge in [0, 0.05) is 32.6 Å². The first-order chi connectivity index (χ1) is 9.63. The van der Waals surface area contributed by atoms with Gasteiger partial charge in [-0.25, -0.2) is 0 Å². The van der Waals surface area contributed by atoms with E-state index in [4.69, 9.17) is 0 Å². The maximum absolute atomic E-state index is 11.6. The number of rotatable bonds is 8. The van der Waals surface area contributed by atoms with Crippen molar-refractivity contribution in [3.63, 3.8) is 0 Å². The number of unbranched alkanes of at least 4 members (excludes halogenated alkanes) is 1. The third-order valence-electron chi connectivity index (χ3n) is 2.99. The number of carbonyl (C=O) groups excluding carboxylic acids is 2. The van der Waals surface area contributed by atoms with Crippen molar-refractivity contribution in [3.05, 3.63) is 30.1 Å². The quantitative estimate of drug-likeness (QED) is 0.787. The SMILES string of the molecule is CCCCC(=O)NCCN(Cc1ccccn1)C(C)=O. The Morgan fingerprint density at radius 1 is 1.35 bits per heavy atom. The first kappa shape index (κ1) is 16.1. The van der Waals surface area contributed by atoms with Gasteiger partial charge in [-0.05, 0) is 18.6 Å². The van der Waals surface area contributed by atoms with Crippen LogP contribution in [0.1, 0.15) is 38.8 Å². The highest BCUT2D eigenvalue weighted by atomic mass is 16.2. The lowest BCUT2D eigenvalue weighted by Gasteiger charge is -2.20. The number of pyridine rings is 1. The van der Waals surface area contributed by atoms with Gasteiger partial charge in [-0.1, -0.05) is 19.4 Å². The van der Waals surface area contributed by atoms with Gasteiger partial charge in [-0.2, -0.15) is 0 Å². The summed E-state index contributed by atoms with van der Waals surface area (Å²) in [7, 11) is 0. The minimum Gasteiger partial charge on any atom is -0.354 e. The van der Waals surface area contributed by atoms with E-state index in [9.17, 15) is 9.59 Å². The molecule has 1 aromatic rings. The number of hydrogen-bond acceptors (Lipinski definition) is 3. The van der Waals surface area contributed by atoms with E-state index >= 15 is 0 Å². The molecular weight excluding hydrogens is 254 g/mol. The first-order valence-corrected chi connectivity index (χ1v) is 7.05. The number of carbonyl (C=O) groups is 2. The monoisotopic (exact) mass is 277 g/mol. The van der Waals surface area contributed by atoms with Gasteiger partial charge in [0.15, 0.2) is 0 Å². The summed E-state index contributed by atoms with van der Waals surface area (Å²) in [4.78, 5) is 29.0. The number of aromatic nitrogens is 1. The maximum Gasteiger partial charge on any atom is 0.220 e. The van der Waals surface area contributed by atoms with Crippen LogP contribution in [0.5, 0.6) is 0 Å². The molecule has 5 heteroatoms. The van der Waals surface area contributed by atoms with Crippen molar-refractivity contribution >= 4 is 11.8 Å². The molecule has 20 heavy (non-hydrogen) atoms. The fraction of sp³-hybridized carbons (Fsp3) is 0.533. The van der Waals surface area contributed by atoms with Crippen molar-refractivity contribution in [2.75, 3.05) is 13.1 Å². The Morgan fingerprint density at radius 3 is 2.75 bits per heavy atom. The summed E-state index contributed by atoms with van der Waals surface area (Å²) in [5, 5.41) is 2.84. The van der Waals surface area contributed by atoms with E-state index < -0.39 is 0 Å². The molecule has 1 heterocycles. The third kappa shape index (κ3) is 6.31. The summed E-state index contributed by atoms with van der Waals surface area (Å²) in [5.74, 6) is 0.0339. The molecule has 0 fully saturated rings. The molecular formula is C15H23N3O2. The van der Waals surface area contributed by atoms with Gasteiger partial charge in [0.2, 0.25) is 11.8 Å². The predicted octanol–water partition coefficient (Wildman–Crippen LogP) is 1.74. The van der Waals surface area contributed by atoms with E-state index in [1.165, 1.54) is 6.92 Å². The van der Waals surface area contributed by atoms with E-state index in [2.05, 4.69) is 17.2 Å². The molecule has 0 radical (unpaired) electrons. The van der Waals surface area contributed by atoms with Crippen LogP contribution in [0, 0.1) is 0 Å². The van der Waals surface area contributed by atoms with E-state index in [0.29, 0.717) is 26.1 Å². The lowest BCUT2D eigenvalue weighted by molar-refractivity contribution is -0.130.